The molecule has 8 heteroatoms. The molecule has 0 radical (unpaired) electrons. The minimum Gasteiger partial charge on any atom is -0.357 e. The van der Waals surface area contributed by atoms with E-state index in [9.17, 15) is 4.79 Å². The van der Waals surface area contributed by atoms with E-state index in [0.29, 0.717) is 18.9 Å². The fourth-order valence-corrected chi connectivity index (χ4v) is 3.91. The highest BCUT2D eigenvalue weighted by atomic mass is 127. The van der Waals surface area contributed by atoms with Gasteiger partial charge in [0.1, 0.15) is 5.82 Å². The lowest BCUT2D eigenvalue weighted by atomic mass is 10.2. The van der Waals surface area contributed by atoms with Crippen LogP contribution in [0.3, 0.4) is 0 Å². The molecule has 2 saturated heterocycles. The molecule has 2 aliphatic rings. The fraction of sp³-hybridized carbons (Fsp3) is 0.682. The summed E-state index contributed by atoms with van der Waals surface area (Å²) >= 11 is 0. The van der Waals surface area contributed by atoms with E-state index < -0.39 is 0 Å². The van der Waals surface area contributed by atoms with E-state index in [-0.39, 0.29) is 24.0 Å². The van der Waals surface area contributed by atoms with Crippen molar-refractivity contribution in [2.75, 3.05) is 44.2 Å². The third-order valence-corrected chi connectivity index (χ3v) is 5.57. The van der Waals surface area contributed by atoms with Crippen molar-refractivity contribution in [1.29, 1.82) is 0 Å². The average molecular weight is 528 g/mol. The third kappa shape index (κ3) is 7.92. The topological polar surface area (TPSA) is 72.9 Å². The van der Waals surface area contributed by atoms with Crippen LogP contribution in [-0.2, 0) is 11.3 Å². The second-order valence-corrected chi connectivity index (χ2v) is 7.89. The molecule has 30 heavy (non-hydrogen) atoms. The Morgan fingerprint density at radius 2 is 1.90 bits per heavy atom. The summed E-state index contributed by atoms with van der Waals surface area (Å²) in [7, 11) is 0. The molecule has 2 N–H and O–H groups in total. The number of hydrogen-bond donors (Lipinski definition) is 2. The number of guanidine groups is 1. The van der Waals surface area contributed by atoms with Gasteiger partial charge in [-0.2, -0.15) is 0 Å². The van der Waals surface area contributed by atoms with Gasteiger partial charge in [-0.15, -0.1) is 24.0 Å². The highest BCUT2D eigenvalue weighted by Gasteiger charge is 2.16. The van der Waals surface area contributed by atoms with E-state index in [2.05, 4.69) is 44.6 Å². The molecule has 7 nitrogen and oxygen atoms in total. The summed E-state index contributed by atoms with van der Waals surface area (Å²) in [6, 6.07) is 4.23. The Bertz CT molecular complexity index is 660. The molecule has 0 unspecified atom stereocenters. The van der Waals surface area contributed by atoms with Gasteiger partial charge in [0.25, 0.3) is 0 Å². The smallest absolute Gasteiger partial charge is 0.222 e. The standard InChI is InChI=1S/C22H36N6O.HI/c1-2-23-22(24-12-8-16-28-15-5-3-4-9-21(28)29)26-18-19-10-11-20(25-17-19)27-13-6-7-14-27;/h10-11,17H,2-9,12-16,18H2,1H3,(H2,23,24,26);1H. The number of hydrogen-bond acceptors (Lipinski definition) is 4. The van der Waals surface area contributed by atoms with Gasteiger partial charge in [0, 0.05) is 51.9 Å². The summed E-state index contributed by atoms with van der Waals surface area (Å²) in [5.41, 5.74) is 1.11. The van der Waals surface area contributed by atoms with Crippen molar-refractivity contribution >= 4 is 41.7 Å². The van der Waals surface area contributed by atoms with Crippen molar-refractivity contribution in [3.05, 3.63) is 23.9 Å². The molecule has 0 spiro atoms. The molecule has 0 saturated carbocycles. The van der Waals surface area contributed by atoms with E-state index in [0.717, 1.165) is 75.9 Å². The zero-order valence-electron chi connectivity index (χ0n) is 18.2. The average Bonchev–Trinajstić information content (AvgIpc) is 3.20. The van der Waals surface area contributed by atoms with Gasteiger partial charge in [0.15, 0.2) is 5.96 Å². The van der Waals surface area contributed by atoms with E-state index in [1.54, 1.807) is 0 Å². The number of anilines is 1. The van der Waals surface area contributed by atoms with Crippen molar-refractivity contribution in [2.45, 2.75) is 58.4 Å². The predicted molar refractivity (Wildman–Crippen MR) is 134 cm³/mol. The lowest BCUT2D eigenvalue weighted by Gasteiger charge is -2.20. The Morgan fingerprint density at radius 3 is 2.63 bits per heavy atom. The van der Waals surface area contributed by atoms with Gasteiger partial charge in [-0.1, -0.05) is 12.5 Å². The van der Waals surface area contributed by atoms with Crippen LogP contribution in [0.1, 0.15) is 57.4 Å². The van der Waals surface area contributed by atoms with E-state index in [4.69, 9.17) is 0 Å². The maximum atomic E-state index is 12.1. The highest BCUT2D eigenvalue weighted by Crippen LogP contribution is 2.17. The van der Waals surface area contributed by atoms with Gasteiger partial charge in [0.05, 0.1) is 6.54 Å². The number of carbonyl (C=O) groups excluding carboxylic acids is 1. The van der Waals surface area contributed by atoms with Crippen molar-refractivity contribution in [3.63, 3.8) is 0 Å². The number of carbonyl (C=O) groups is 1. The van der Waals surface area contributed by atoms with Gasteiger partial charge in [-0.3, -0.25) is 4.79 Å². The third-order valence-electron chi connectivity index (χ3n) is 5.57. The summed E-state index contributed by atoms with van der Waals surface area (Å²) < 4.78 is 0. The zero-order chi connectivity index (χ0) is 20.3. The molecule has 1 amide bonds. The maximum Gasteiger partial charge on any atom is 0.222 e. The maximum absolute atomic E-state index is 12.1. The van der Waals surface area contributed by atoms with Crippen molar-refractivity contribution < 1.29 is 4.79 Å². The van der Waals surface area contributed by atoms with E-state index in [1.165, 1.54) is 19.3 Å². The molecule has 2 fully saturated rings. The predicted octanol–water partition coefficient (Wildman–Crippen LogP) is 3.15. The van der Waals surface area contributed by atoms with Crippen LogP contribution in [0.15, 0.2) is 23.3 Å². The number of aromatic nitrogens is 1. The van der Waals surface area contributed by atoms with Crippen molar-refractivity contribution in [3.8, 4) is 0 Å². The first kappa shape index (κ1) is 24.7. The molecular weight excluding hydrogens is 491 g/mol. The second-order valence-electron chi connectivity index (χ2n) is 7.89. The Balaban J connectivity index is 0.00000320. The summed E-state index contributed by atoms with van der Waals surface area (Å²) in [6.07, 6.45) is 9.45. The van der Waals surface area contributed by atoms with Gasteiger partial charge in [-0.25, -0.2) is 9.98 Å². The van der Waals surface area contributed by atoms with Gasteiger partial charge < -0.3 is 20.4 Å². The van der Waals surface area contributed by atoms with Crippen LogP contribution in [-0.4, -0.2) is 61.0 Å². The summed E-state index contributed by atoms with van der Waals surface area (Å²) in [4.78, 5) is 25.7. The first-order chi connectivity index (χ1) is 14.3. The lowest BCUT2D eigenvalue weighted by Crippen LogP contribution is -2.39. The van der Waals surface area contributed by atoms with Crippen LogP contribution in [0.2, 0.25) is 0 Å². The van der Waals surface area contributed by atoms with Crippen LogP contribution in [0, 0.1) is 0 Å². The Kier molecular flexibility index (Phi) is 11.2. The molecule has 0 atom stereocenters. The van der Waals surface area contributed by atoms with E-state index in [1.807, 2.05) is 11.1 Å². The number of pyridine rings is 1. The molecule has 0 aromatic carbocycles. The van der Waals surface area contributed by atoms with Crippen molar-refractivity contribution in [1.82, 2.24) is 20.5 Å². The van der Waals surface area contributed by atoms with E-state index >= 15 is 0 Å². The van der Waals surface area contributed by atoms with Gasteiger partial charge in [0.2, 0.25) is 5.91 Å². The van der Waals surface area contributed by atoms with Gasteiger partial charge >= 0.3 is 0 Å². The molecule has 0 bridgehead atoms. The quantitative estimate of drug-likeness (QED) is 0.235. The minimum absolute atomic E-state index is 0. The van der Waals surface area contributed by atoms with Gasteiger partial charge in [-0.05, 0) is 50.7 Å². The van der Waals surface area contributed by atoms with Crippen LogP contribution < -0.4 is 15.5 Å². The molecule has 1 aromatic rings. The number of nitrogens with one attached hydrogen (secondary N) is 2. The largest absolute Gasteiger partial charge is 0.357 e. The summed E-state index contributed by atoms with van der Waals surface area (Å²) in [5.74, 6) is 2.20. The lowest BCUT2D eigenvalue weighted by molar-refractivity contribution is -0.130. The minimum atomic E-state index is 0. The Labute approximate surface area is 198 Å². The summed E-state index contributed by atoms with van der Waals surface area (Å²) in [5, 5.41) is 6.69. The van der Waals surface area contributed by atoms with Crippen LogP contribution in [0.4, 0.5) is 5.82 Å². The number of halogens is 1. The molecule has 168 valence electrons. The number of rotatable bonds is 8. The Hall–Kier alpha value is -1.58. The van der Waals surface area contributed by atoms with Crippen LogP contribution >= 0.6 is 24.0 Å². The van der Waals surface area contributed by atoms with Crippen LogP contribution in [0.25, 0.3) is 0 Å². The monoisotopic (exact) mass is 528 g/mol. The molecule has 3 heterocycles. The van der Waals surface area contributed by atoms with Crippen molar-refractivity contribution in [2.24, 2.45) is 4.99 Å². The number of likely N-dealkylation sites (tertiary alicyclic amines) is 1. The Morgan fingerprint density at radius 1 is 1.10 bits per heavy atom. The number of aliphatic imine (C=N–C) groups is 1. The molecule has 0 aliphatic carbocycles. The summed E-state index contributed by atoms with van der Waals surface area (Å²) in [6.45, 7) is 8.27. The molecular formula is C22H37IN6O. The normalized spacial score (nSPS) is 17.5. The molecule has 3 rings (SSSR count). The molecule has 2 aliphatic heterocycles. The first-order valence-corrected chi connectivity index (χ1v) is 11.3. The number of amides is 1. The first-order valence-electron chi connectivity index (χ1n) is 11.3. The SMILES string of the molecule is CCNC(=NCc1ccc(N2CCCC2)nc1)NCCCN1CCCCCC1=O.I. The fourth-order valence-electron chi connectivity index (χ4n) is 3.91. The zero-order valence-corrected chi connectivity index (χ0v) is 20.6. The molecule has 1 aromatic heterocycles. The van der Waals surface area contributed by atoms with Crippen LogP contribution in [0.5, 0.6) is 0 Å². The highest BCUT2D eigenvalue weighted by molar-refractivity contribution is 14.0. The second kappa shape index (κ2) is 13.7. The number of nitrogens with zero attached hydrogens (tertiary/aromatic N) is 4.